The minimum Gasteiger partial charge on any atom is -0.386 e. The molecule has 2 aromatic carbocycles. The maximum Gasteiger partial charge on any atom is 0.417 e. The lowest BCUT2D eigenvalue weighted by molar-refractivity contribution is -0.180. The van der Waals surface area contributed by atoms with Crippen molar-refractivity contribution in [2.24, 2.45) is 10.9 Å². The Balaban J connectivity index is 1.53. The van der Waals surface area contributed by atoms with Gasteiger partial charge in [0.25, 0.3) is 0 Å². The quantitative estimate of drug-likeness (QED) is 0.694. The zero-order valence-electron chi connectivity index (χ0n) is 16.6. The summed E-state index contributed by atoms with van der Waals surface area (Å²) in [6.07, 6.45) is -1.60. The number of alkyl halides is 3. The molecule has 4 rings (SSSR count). The topological polar surface area (TPSA) is 63.2 Å². The van der Waals surface area contributed by atoms with Crippen LogP contribution in [0.15, 0.2) is 59.8 Å². The molecule has 2 aromatic rings. The smallest absolute Gasteiger partial charge is 0.386 e. The first kappa shape index (κ1) is 20.9. The third kappa shape index (κ3) is 4.72. The van der Waals surface area contributed by atoms with Crippen molar-refractivity contribution >= 4 is 17.4 Å². The molecule has 0 radical (unpaired) electrons. The first-order valence-electron chi connectivity index (χ1n) is 9.68. The Morgan fingerprint density at radius 3 is 2.55 bits per heavy atom. The largest absolute Gasteiger partial charge is 0.417 e. The molecule has 1 aliphatic carbocycles. The van der Waals surface area contributed by atoms with E-state index in [0.29, 0.717) is 12.1 Å². The molecular weight excluding hydrogens is 411 g/mol. The Hall–Kier alpha value is -3.33. The lowest BCUT2D eigenvalue weighted by Crippen LogP contribution is -2.30. The third-order valence-corrected chi connectivity index (χ3v) is 5.01. The second-order valence-electron chi connectivity index (χ2n) is 7.26. The zero-order valence-corrected chi connectivity index (χ0v) is 16.6. The van der Waals surface area contributed by atoms with Crippen molar-refractivity contribution in [3.63, 3.8) is 0 Å². The van der Waals surface area contributed by atoms with Gasteiger partial charge in [-0.3, -0.25) is 9.63 Å². The number of amides is 1. The Kier molecular flexibility index (Phi) is 5.69. The number of benzene rings is 2. The van der Waals surface area contributed by atoms with Gasteiger partial charge in [0.15, 0.2) is 5.84 Å². The fraction of sp³-hybridized carbons (Fsp3) is 0.273. The van der Waals surface area contributed by atoms with E-state index in [2.05, 4.69) is 10.5 Å². The van der Waals surface area contributed by atoms with Gasteiger partial charge in [0.2, 0.25) is 5.91 Å². The molecule has 0 spiro atoms. The van der Waals surface area contributed by atoms with Gasteiger partial charge < -0.3 is 4.84 Å². The molecule has 1 N–H and O–H groups in total. The van der Waals surface area contributed by atoms with Crippen LogP contribution in [0.4, 0.5) is 13.2 Å². The molecule has 31 heavy (non-hydrogen) atoms. The molecule has 9 heteroatoms. The summed E-state index contributed by atoms with van der Waals surface area (Å²) < 4.78 is 40.0. The van der Waals surface area contributed by atoms with Crippen molar-refractivity contribution in [2.45, 2.75) is 25.6 Å². The lowest BCUT2D eigenvalue weighted by Gasteiger charge is -2.20. The Bertz CT molecular complexity index is 1030. The average Bonchev–Trinajstić information content (AvgIpc) is 3.62. The monoisotopic (exact) mass is 431 g/mol. The van der Waals surface area contributed by atoms with E-state index in [0.717, 1.165) is 30.7 Å². The molecule has 0 saturated heterocycles. The summed E-state index contributed by atoms with van der Waals surface area (Å²) in [6, 6.07) is 12.3. The number of hydrogen-bond donors (Lipinski definition) is 1. The number of halogens is 3. The molecular formula is C22H20F3N3O3. The summed E-state index contributed by atoms with van der Waals surface area (Å²) in [5, 5.41) is 1.33. The number of hydroxylamine groups is 3. The summed E-state index contributed by atoms with van der Waals surface area (Å²) >= 11 is 0. The van der Waals surface area contributed by atoms with E-state index in [1.54, 1.807) is 24.3 Å². The number of carbonyl (C=O) groups is 1. The summed E-state index contributed by atoms with van der Waals surface area (Å²) in [4.78, 5) is 26.9. The maximum atomic E-state index is 13.3. The van der Waals surface area contributed by atoms with E-state index in [-0.39, 0.29) is 28.9 Å². The molecule has 0 unspecified atom stereocenters. The fourth-order valence-electron chi connectivity index (χ4n) is 3.21. The average molecular weight is 431 g/mol. The van der Waals surface area contributed by atoms with Crippen LogP contribution in [0.3, 0.4) is 0 Å². The lowest BCUT2D eigenvalue weighted by atomic mass is 10.0. The van der Waals surface area contributed by atoms with Gasteiger partial charge in [-0.25, -0.2) is 15.5 Å². The first-order valence-corrected chi connectivity index (χ1v) is 9.68. The van der Waals surface area contributed by atoms with Crippen LogP contribution in [0, 0.1) is 5.92 Å². The number of carbonyl (C=O) groups excluding carboxylic acids is 1. The van der Waals surface area contributed by atoms with Gasteiger partial charge in [-0.05, 0) is 24.5 Å². The summed E-state index contributed by atoms with van der Waals surface area (Å²) in [5.74, 6) is 0.289. The van der Waals surface area contributed by atoms with Gasteiger partial charge in [0.05, 0.1) is 19.2 Å². The minimum absolute atomic E-state index is 0.0311. The van der Waals surface area contributed by atoms with Gasteiger partial charge in [-0.1, -0.05) is 42.5 Å². The molecule has 162 valence electrons. The highest BCUT2D eigenvalue weighted by Crippen LogP contribution is 2.36. The zero-order chi connectivity index (χ0) is 22.0. The normalized spacial score (nSPS) is 16.0. The number of nitrogens with one attached hydrogen (secondary N) is 1. The molecule has 6 nitrogen and oxygen atoms in total. The molecule has 0 aromatic heterocycles. The van der Waals surface area contributed by atoms with E-state index in [1.807, 2.05) is 0 Å². The number of aliphatic imine (C=N–C) groups is 1. The Morgan fingerprint density at radius 2 is 1.90 bits per heavy atom. The molecule has 1 heterocycles. The van der Waals surface area contributed by atoms with E-state index in [9.17, 15) is 18.0 Å². The molecule has 2 aliphatic rings. The van der Waals surface area contributed by atoms with Crippen molar-refractivity contribution < 1.29 is 27.6 Å². The second kappa shape index (κ2) is 8.43. The van der Waals surface area contributed by atoms with E-state index < -0.39 is 11.7 Å². The van der Waals surface area contributed by atoms with Crippen LogP contribution in [-0.4, -0.2) is 23.9 Å². The van der Waals surface area contributed by atoms with Crippen LogP contribution in [0.5, 0.6) is 0 Å². The molecule has 0 atom stereocenters. The van der Waals surface area contributed by atoms with Crippen LogP contribution in [-0.2, 0) is 27.2 Å². The summed E-state index contributed by atoms with van der Waals surface area (Å²) in [6.45, 7) is 0.298. The molecule has 1 aliphatic heterocycles. The van der Waals surface area contributed by atoms with Crippen LogP contribution < -0.4 is 5.48 Å². The summed E-state index contributed by atoms with van der Waals surface area (Å²) in [5.41, 5.74) is 3.28. The highest BCUT2D eigenvalue weighted by Gasteiger charge is 2.35. The minimum atomic E-state index is -4.51. The van der Waals surface area contributed by atoms with Crippen molar-refractivity contribution in [3.8, 4) is 0 Å². The van der Waals surface area contributed by atoms with Gasteiger partial charge in [0, 0.05) is 17.0 Å². The third-order valence-electron chi connectivity index (χ3n) is 5.01. The SMILES string of the molecule is CON(Cc1ccc(C2=NC(c3ccccc3C(F)(F)F)=CON2)cc1)C(=O)C1CC1. The second-order valence-corrected chi connectivity index (χ2v) is 7.26. The van der Waals surface area contributed by atoms with Crippen LogP contribution in [0.25, 0.3) is 5.70 Å². The van der Waals surface area contributed by atoms with Gasteiger partial charge in [0.1, 0.15) is 12.0 Å². The molecule has 1 amide bonds. The molecule has 0 bridgehead atoms. The number of hydrogen-bond acceptors (Lipinski definition) is 5. The van der Waals surface area contributed by atoms with Crippen molar-refractivity contribution in [2.75, 3.05) is 7.11 Å². The van der Waals surface area contributed by atoms with E-state index >= 15 is 0 Å². The number of nitrogens with zero attached hydrogens (tertiary/aromatic N) is 2. The Labute approximate surface area is 176 Å². The van der Waals surface area contributed by atoms with Crippen LogP contribution in [0.2, 0.25) is 0 Å². The fourth-order valence-corrected chi connectivity index (χ4v) is 3.21. The summed E-state index contributed by atoms with van der Waals surface area (Å²) in [7, 11) is 1.46. The van der Waals surface area contributed by atoms with Gasteiger partial charge in [-0.2, -0.15) is 13.2 Å². The first-order chi connectivity index (χ1) is 14.9. The predicted octanol–water partition coefficient (Wildman–Crippen LogP) is 4.29. The Morgan fingerprint density at radius 1 is 1.19 bits per heavy atom. The molecule has 1 saturated carbocycles. The van der Waals surface area contributed by atoms with E-state index in [4.69, 9.17) is 9.68 Å². The number of amidine groups is 1. The number of rotatable bonds is 6. The standard InChI is InChI=1S/C22H20F3N3O3/c1-30-28(21(29)16-10-11-16)12-14-6-8-15(9-7-14)20-26-19(13-31-27-20)17-4-2-3-5-18(17)22(23,24)25/h2-9,13,16H,10-12H2,1H3,(H,26,27). The van der Waals surface area contributed by atoms with Gasteiger partial charge in [-0.15, -0.1) is 0 Å². The molecule has 1 fully saturated rings. The highest BCUT2D eigenvalue weighted by atomic mass is 19.4. The van der Waals surface area contributed by atoms with Gasteiger partial charge >= 0.3 is 6.18 Å². The van der Waals surface area contributed by atoms with Crippen LogP contribution >= 0.6 is 0 Å². The van der Waals surface area contributed by atoms with Crippen LogP contribution in [0.1, 0.15) is 35.1 Å². The van der Waals surface area contributed by atoms with E-state index in [1.165, 1.54) is 30.4 Å². The van der Waals surface area contributed by atoms with Crippen molar-refractivity contribution in [1.29, 1.82) is 0 Å². The van der Waals surface area contributed by atoms with Crippen molar-refractivity contribution in [3.05, 3.63) is 77.0 Å². The maximum absolute atomic E-state index is 13.3. The van der Waals surface area contributed by atoms with Crippen molar-refractivity contribution in [1.82, 2.24) is 10.5 Å². The predicted molar refractivity (Wildman–Crippen MR) is 107 cm³/mol. The highest BCUT2D eigenvalue weighted by molar-refractivity contribution is 6.02.